The summed E-state index contributed by atoms with van der Waals surface area (Å²) in [6.45, 7) is 4.71. The Labute approximate surface area is 96.5 Å². The third-order valence-corrected chi connectivity index (χ3v) is 2.65. The summed E-state index contributed by atoms with van der Waals surface area (Å²) in [5.41, 5.74) is 3.79. The van der Waals surface area contributed by atoms with Crippen molar-refractivity contribution in [2.75, 3.05) is 13.2 Å². The number of carbonyl (C=O) groups is 1. The average molecular weight is 221 g/mol. The Bertz CT molecular complexity index is 361. The molecule has 1 amide bonds. The summed E-state index contributed by atoms with van der Waals surface area (Å²) in [5.74, 6) is -0.0914. The van der Waals surface area contributed by atoms with E-state index in [4.69, 9.17) is 5.11 Å². The summed E-state index contributed by atoms with van der Waals surface area (Å²) >= 11 is 0. The molecule has 0 bridgehead atoms. The molecule has 2 N–H and O–H groups in total. The third kappa shape index (κ3) is 4.03. The first-order valence-electron chi connectivity index (χ1n) is 5.57. The second-order valence-electron chi connectivity index (χ2n) is 3.99. The number of nitrogens with one attached hydrogen (secondary N) is 1. The quantitative estimate of drug-likeness (QED) is 0.788. The van der Waals surface area contributed by atoms with Gasteiger partial charge in [-0.25, -0.2) is 0 Å². The number of rotatable bonds is 5. The van der Waals surface area contributed by atoms with Crippen LogP contribution in [0, 0.1) is 13.8 Å². The van der Waals surface area contributed by atoms with Gasteiger partial charge in [-0.3, -0.25) is 4.79 Å². The Kier molecular flexibility index (Phi) is 4.99. The zero-order chi connectivity index (χ0) is 12.0. The van der Waals surface area contributed by atoms with Gasteiger partial charge < -0.3 is 10.4 Å². The Balaban J connectivity index is 2.37. The molecule has 0 fully saturated rings. The van der Waals surface area contributed by atoms with Gasteiger partial charge in [-0.15, -0.1) is 0 Å². The molecule has 0 atom stereocenters. The number of aryl methyl sites for hydroxylation is 2. The van der Waals surface area contributed by atoms with E-state index < -0.39 is 0 Å². The zero-order valence-electron chi connectivity index (χ0n) is 9.92. The van der Waals surface area contributed by atoms with Gasteiger partial charge in [0.2, 0.25) is 5.91 Å². The van der Waals surface area contributed by atoms with E-state index >= 15 is 0 Å². The van der Waals surface area contributed by atoms with E-state index in [1.54, 1.807) is 0 Å². The van der Waals surface area contributed by atoms with Crippen molar-refractivity contribution in [3.8, 4) is 0 Å². The second-order valence-corrected chi connectivity index (χ2v) is 3.99. The molecular weight excluding hydrogens is 202 g/mol. The lowest BCUT2D eigenvalue weighted by atomic mass is 10.0. The van der Waals surface area contributed by atoms with E-state index in [1.807, 2.05) is 0 Å². The maximum absolute atomic E-state index is 11.1. The highest BCUT2D eigenvalue weighted by atomic mass is 16.3. The first-order chi connectivity index (χ1) is 7.63. The summed E-state index contributed by atoms with van der Waals surface area (Å²) in [4.78, 5) is 11.1. The highest BCUT2D eigenvalue weighted by Gasteiger charge is 2.00. The second kappa shape index (κ2) is 6.28. The summed E-state index contributed by atoms with van der Waals surface area (Å²) in [6, 6.07) is 6.33. The van der Waals surface area contributed by atoms with Crippen molar-refractivity contribution in [2.45, 2.75) is 26.7 Å². The smallest absolute Gasteiger partial charge is 0.222 e. The van der Waals surface area contributed by atoms with Crippen LogP contribution in [0.5, 0.6) is 0 Å². The molecule has 0 saturated carbocycles. The number of benzene rings is 1. The molecule has 0 spiro atoms. The molecule has 0 heterocycles. The molecule has 0 aliphatic carbocycles. The Hall–Kier alpha value is -1.35. The molecule has 1 aromatic rings. The van der Waals surface area contributed by atoms with Crippen LogP contribution in [0.15, 0.2) is 18.2 Å². The van der Waals surface area contributed by atoms with Crippen LogP contribution >= 0.6 is 0 Å². The molecule has 1 aromatic carbocycles. The molecular formula is C13H19NO2. The molecule has 0 aromatic heterocycles. The lowest BCUT2D eigenvalue weighted by molar-refractivity contribution is -0.121. The fourth-order valence-electron chi connectivity index (χ4n) is 1.50. The molecule has 88 valence electrons. The van der Waals surface area contributed by atoms with Crippen LogP contribution < -0.4 is 5.32 Å². The number of aliphatic hydroxyl groups excluding tert-OH is 1. The summed E-state index contributed by atoms with van der Waals surface area (Å²) < 4.78 is 0. The molecule has 3 nitrogen and oxygen atoms in total. The van der Waals surface area contributed by atoms with Gasteiger partial charge in [0.05, 0.1) is 6.61 Å². The van der Waals surface area contributed by atoms with Crippen molar-refractivity contribution in [1.29, 1.82) is 0 Å². The summed E-state index contributed by atoms with van der Waals surface area (Å²) in [6.07, 6.45) is 1.02. The van der Waals surface area contributed by atoms with Crippen LogP contribution in [0.3, 0.4) is 0 Å². The Morgan fingerprint density at radius 2 is 2.06 bits per heavy atom. The van der Waals surface area contributed by atoms with Crippen LogP contribution in [0.25, 0.3) is 0 Å². The zero-order valence-corrected chi connectivity index (χ0v) is 9.92. The van der Waals surface area contributed by atoms with Gasteiger partial charge in [0.25, 0.3) is 0 Å². The third-order valence-electron chi connectivity index (χ3n) is 2.65. The maximum Gasteiger partial charge on any atom is 0.222 e. The minimum absolute atomic E-state index is 0.0878. The molecule has 0 radical (unpaired) electrons. The van der Waals surface area contributed by atoms with Gasteiger partial charge in [0.1, 0.15) is 0 Å². The first kappa shape index (κ1) is 12.7. The Morgan fingerprint density at radius 3 is 2.69 bits per heavy atom. The van der Waals surface area contributed by atoms with Crippen LogP contribution in [-0.4, -0.2) is 24.2 Å². The first-order valence-corrected chi connectivity index (χ1v) is 5.57. The van der Waals surface area contributed by atoms with Gasteiger partial charge in [-0.05, 0) is 37.0 Å². The van der Waals surface area contributed by atoms with Gasteiger partial charge in [0.15, 0.2) is 0 Å². The lowest BCUT2D eigenvalue weighted by Gasteiger charge is -2.06. The lowest BCUT2D eigenvalue weighted by Crippen LogP contribution is -2.26. The SMILES string of the molecule is Cc1ccc(CCNC(=O)CCO)cc1C. The van der Waals surface area contributed by atoms with Gasteiger partial charge in [-0.2, -0.15) is 0 Å². The van der Waals surface area contributed by atoms with Gasteiger partial charge in [-0.1, -0.05) is 18.2 Å². The standard InChI is InChI=1S/C13H19NO2/c1-10-3-4-12(9-11(10)2)5-7-14-13(16)6-8-15/h3-4,9,15H,5-8H2,1-2H3,(H,14,16). The maximum atomic E-state index is 11.1. The molecule has 1 rings (SSSR count). The molecule has 16 heavy (non-hydrogen) atoms. The van der Waals surface area contributed by atoms with Crippen molar-refractivity contribution in [2.24, 2.45) is 0 Å². The van der Waals surface area contributed by atoms with Crippen molar-refractivity contribution in [3.05, 3.63) is 34.9 Å². The number of hydrogen-bond acceptors (Lipinski definition) is 2. The molecule has 0 saturated heterocycles. The normalized spacial score (nSPS) is 10.2. The predicted molar refractivity (Wildman–Crippen MR) is 64.3 cm³/mol. The minimum atomic E-state index is -0.0914. The molecule has 0 aliphatic heterocycles. The van der Waals surface area contributed by atoms with Crippen molar-refractivity contribution in [3.63, 3.8) is 0 Å². The highest BCUT2D eigenvalue weighted by molar-refractivity contribution is 5.75. The summed E-state index contributed by atoms with van der Waals surface area (Å²) in [7, 11) is 0. The summed E-state index contributed by atoms with van der Waals surface area (Å²) in [5, 5.41) is 11.3. The van der Waals surface area contributed by atoms with E-state index in [1.165, 1.54) is 16.7 Å². The van der Waals surface area contributed by atoms with E-state index in [9.17, 15) is 4.79 Å². The predicted octanol–water partition coefficient (Wildman–Crippen LogP) is 1.34. The topological polar surface area (TPSA) is 49.3 Å². The monoisotopic (exact) mass is 221 g/mol. The van der Waals surface area contributed by atoms with Crippen LogP contribution in [-0.2, 0) is 11.2 Å². The largest absolute Gasteiger partial charge is 0.396 e. The molecule has 0 aliphatic rings. The van der Waals surface area contributed by atoms with E-state index in [0.29, 0.717) is 6.54 Å². The van der Waals surface area contributed by atoms with E-state index in [-0.39, 0.29) is 18.9 Å². The fraction of sp³-hybridized carbons (Fsp3) is 0.462. The van der Waals surface area contributed by atoms with Crippen LogP contribution in [0.2, 0.25) is 0 Å². The fourth-order valence-corrected chi connectivity index (χ4v) is 1.50. The van der Waals surface area contributed by atoms with Crippen molar-refractivity contribution in [1.82, 2.24) is 5.32 Å². The molecule has 0 unspecified atom stereocenters. The van der Waals surface area contributed by atoms with E-state index in [2.05, 4.69) is 37.4 Å². The number of aliphatic hydroxyl groups is 1. The van der Waals surface area contributed by atoms with Gasteiger partial charge >= 0.3 is 0 Å². The number of hydrogen-bond donors (Lipinski definition) is 2. The van der Waals surface area contributed by atoms with E-state index in [0.717, 1.165) is 6.42 Å². The Morgan fingerprint density at radius 1 is 1.31 bits per heavy atom. The number of carbonyl (C=O) groups excluding carboxylic acids is 1. The number of amides is 1. The molecule has 3 heteroatoms. The van der Waals surface area contributed by atoms with Gasteiger partial charge in [0, 0.05) is 13.0 Å². The van der Waals surface area contributed by atoms with Crippen LogP contribution in [0.4, 0.5) is 0 Å². The van der Waals surface area contributed by atoms with Crippen LogP contribution in [0.1, 0.15) is 23.1 Å². The van der Waals surface area contributed by atoms with Crippen molar-refractivity contribution < 1.29 is 9.90 Å². The van der Waals surface area contributed by atoms with Crippen molar-refractivity contribution >= 4 is 5.91 Å². The highest BCUT2D eigenvalue weighted by Crippen LogP contribution is 2.09. The average Bonchev–Trinajstić information content (AvgIpc) is 2.24. The minimum Gasteiger partial charge on any atom is -0.396 e.